The van der Waals surface area contributed by atoms with E-state index in [2.05, 4.69) is 22.9 Å². The predicted octanol–water partition coefficient (Wildman–Crippen LogP) is 5.78. The zero-order chi connectivity index (χ0) is 32.5. The lowest BCUT2D eigenvalue weighted by Crippen LogP contribution is -2.43. The molecule has 1 aliphatic rings. The Morgan fingerprint density at radius 3 is 2.50 bits per heavy atom. The van der Waals surface area contributed by atoms with Crippen LogP contribution in [0.1, 0.15) is 43.5 Å². The third-order valence-electron chi connectivity index (χ3n) is 8.44. The van der Waals surface area contributed by atoms with Gasteiger partial charge in [0.15, 0.2) is 4.80 Å². The van der Waals surface area contributed by atoms with E-state index in [1.165, 1.54) is 11.3 Å². The molecule has 6 rings (SSSR count). The Hall–Kier alpha value is -4.60. The van der Waals surface area contributed by atoms with Gasteiger partial charge in [0, 0.05) is 52.9 Å². The first kappa shape index (κ1) is 31.4. The topological polar surface area (TPSA) is 78.1 Å². The largest absolute Gasteiger partial charge is 0.497 e. The summed E-state index contributed by atoms with van der Waals surface area (Å²) in [5.74, 6) is 0.967. The number of hydrogen-bond acceptors (Lipinski definition) is 6. The Bertz CT molecular complexity index is 2170. The first-order valence-electron chi connectivity index (χ1n) is 15.1. The van der Waals surface area contributed by atoms with E-state index in [4.69, 9.17) is 26.1 Å². The molecule has 0 fully saturated rings. The van der Waals surface area contributed by atoms with Crippen molar-refractivity contribution in [3.8, 4) is 11.5 Å². The molecule has 1 aliphatic heterocycles. The number of thiazole rings is 1. The third kappa shape index (κ3) is 5.54. The molecule has 0 aliphatic carbocycles. The molecule has 0 spiro atoms. The lowest BCUT2D eigenvalue weighted by Gasteiger charge is -2.30. The van der Waals surface area contributed by atoms with Crippen LogP contribution in [0.5, 0.6) is 11.5 Å². The van der Waals surface area contributed by atoms with Crippen molar-refractivity contribution >= 4 is 45.8 Å². The summed E-state index contributed by atoms with van der Waals surface area (Å²) >= 11 is 7.81. The zero-order valence-corrected chi connectivity index (χ0v) is 28.0. The van der Waals surface area contributed by atoms with Gasteiger partial charge in [-0.05, 0) is 62.7 Å². The van der Waals surface area contributed by atoms with E-state index in [9.17, 15) is 9.59 Å². The number of halogens is 1. The molecule has 0 saturated heterocycles. The molecule has 0 unspecified atom stereocenters. The number of nitrogens with zero attached hydrogens (tertiary/aromatic N) is 4. The van der Waals surface area contributed by atoms with Crippen LogP contribution >= 0.6 is 22.9 Å². The molecule has 3 heterocycles. The standard InChI is InChI=1S/C36H35ClN4O4S/c1-6-39(7-2)35(43)32-22(3)38-36-41(33(32)27-19-25(44-4)16-17-30(27)45-5)34(42)31(46-36)18-24-21-40(29-15-11-9-13-26(24)29)20-23-12-8-10-14-28(23)37/h8-19,21,33H,6-7,20H2,1-5H3/b31-18+/t33-/m1/s1. The number of fused-ring (bicyclic) bond motifs is 2. The van der Waals surface area contributed by atoms with Gasteiger partial charge in [-0.2, -0.15) is 0 Å². The molecule has 5 aromatic rings. The molecule has 0 radical (unpaired) electrons. The van der Waals surface area contributed by atoms with E-state index in [1.807, 2.05) is 69.3 Å². The number of carbonyl (C=O) groups excluding carboxylic acids is 1. The van der Waals surface area contributed by atoms with Crippen molar-refractivity contribution in [1.82, 2.24) is 14.0 Å². The molecule has 0 bridgehead atoms. The van der Waals surface area contributed by atoms with Crippen molar-refractivity contribution in [1.29, 1.82) is 0 Å². The van der Waals surface area contributed by atoms with Gasteiger partial charge in [-0.1, -0.05) is 59.3 Å². The van der Waals surface area contributed by atoms with Crippen LogP contribution in [0.25, 0.3) is 17.0 Å². The van der Waals surface area contributed by atoms with Crippen LogP contribution in [-0.4, -0.2) is 47.3 Å². The first-order valence-corrected chi connectivity index (χ1v) is 16.3. The maximum atomic E-state index is 14.5. The fourth-order valence-corrected chi connectivity index (χ4v) is 7.33. The van der Waals surface area contributed by atoms with Crippen LogP contribution in [0.2, 0.25) is 5.02 Å². The number of likely N-dealkylation sites (N-methyl/N-ethyl adjacent to an activating group) is 1. The molecule has 0 N–H and O–H groups in total. The maximum absolute atomic E-state index is 14.5. The molecule has 3 aromatic carbocycles. The monoisotopic (exact) mass is 654 g/mol. The number of ether oxygens (including phenoxy) is 2. The van der Waals surface area contributed by atoms with Gasteiger partial charge in [0.1, 0.15) is 17.5 Å². The van der Waals surface area contributed by atoms with E-state index in [0.29, 0.717) is 62.3 Å². The van der Waals surface area contributed by atoms with Gasteiger partial charge in [-0.15, -0.1) is 0 Å². The Morgan fingerprint density at radius 1 is 1.04 bits per heavy atom. The smallest absolute Gasteiger partial charge is 0.271 e. The quantitative estimate of drug-likeness (QED) is 0.202. The minimum Gasteiger partial charge on any atom is -0.497 e. The van der Waals surface area contributed by atoms with E-state index in [1.54, 1.807) is 35.8 Å². The second-order valence-electron chi connectivity index (χ2n) is 11.0. The van der Waals surface area contributed by atoms with Gasteiger partial charge in [0.25, 0.3) is 11.5 Å². The van der Waals surface area contributed by atoms with Crippen LogP contribution in [0.3, 0.4) is 0 Å². The SMILES string of the molecule is CCN(CC)C(=O)C1=C(C)N=c2s/c(=C/c3cn(Cc4ccccc4Cl)c4ccccc34)c(=O)n2[C@@H]1c1cc(OC)ccc1OC. The van der Waals surface area contributed by atoms with Gasteiger partial charge in [0.05, 0.1) is 30.0 Å². The zero-order valence-electron chi connectivity index (χ0n) is 26.4. The average molecular weight is 655 g/mol. The maximum Gasteiger partial charge on any atom is 0.271 e. The summed E-state index contributed by atoms with van der Waals surface area (Å²) in [6, 6.07) is 20.6. The average Bonchev–Trinajstić information content (AvgIpc) is 3.57. The Kier molecular flexibility index (Phi) is 8.88. The number of aromatic nitrogens is 2. The number of benzene rings is 3. The number of hydrogen-bond donors (Lipinski definition) is 0. The van der Waals surface area contributed by atoms with Crippen LogP contribution in [0, 0.1) is 0 Å². The number of methoxy groups -OCH3 is 2. The lowest BCUT2D eigenvalue weighted by atomic mass is 9.93. The van der Waals surface area contributed by atoms with E-state index in [-0.39, 0.29) is 11.5 Å². The van der Waals surface area contributed by atoms with Crippen molar-refractivity contribution in [3.63, 3.8) is 0 Å². The first-order chi connectivity index (χ1) is 22.3. The minimum atomic E-state index is -0.766. The lowest BCUT2D eigenvalue weighted by molar-refractivity contribution is -0.127. The van der Waals surface area contributed by atoms with E-state index in [0.717, 1.165) is 22.0 Å². The predicted molar refractivity (Wildman–Crippen MR) is 184 cm³/mol. The highest BCUT2D eigenvalue weighted by molar-refractivity contribution is 7.07. The van der Waals surface area contributed by atoms with Gasteiger partial charge in [-0.3, -0.25) is 14.2 Å². The summed E-state index contributed by atoms with van der Waals surface area (Å²) in [5, 5.41) is 1.72. The van der Waals surface area contributed by atoms with Gasteiger partial charge >= 0.3 is 0 Å². The number of amides is 1. The van der Waals surface area contributed by atoms with Crippen molar-refractivity contribution in [2.24, 2.45) is 4.99 Å². The number of allylic oxidation sites excluding steroid dienone is 1. The summed E-state index contributed by atoms with van der Waals surface area (Å²) < 4.78 is 15.6. The molecule has 46 heavy (non-hydrogen) atoms. The molecule has 1 atom stereocenters. The van der Waals surface area contributed by atoms with Crippen LogP contribution in [0.15, 0.2) is 94.0 Å². The highest BCUT2D eigenvalue weighted by Gasteiger charge is 2.36. The fraction of sp³-hybridized carbons (Fsp3) is 0.250. The van der Waals surface area contributed by atoms with Crippen LogP contribution < -0.4 is 24.4 Å². The Morgan fingerprint density at radius 2 is 1.78 bits per heavy atom. The molecule has 0 saturated carbocycles. The normalized spacial score (nSPS) is 14.7. The summed E-state index contributed by atoms with van der Waals surface area (Å²) in [6.07, 6.45) is 3.97. The molecule has 236 valence electrons. The van der Waals surface area contributed by atoms with E-state index < -0.39 is 6.04 Å². The Labute approximate surface area is 276 Å². The Balaban J connectivity index is 1.56. The second-order valence-corrected chi connectivity index (χ2v) is 12.4. The van der Waals surface area contributed by atoms with Crippen molar-refractivity contribution < 1.29 is 14.3 Å². The number of carbonyl (C=O) groups is 1. The third-order valence-corrected chi connectivity index (χ3v) is 9.79. The highest BCUT2D eigenvalue weighted by atomic mass is 35.5. The van der Waals surface area contributed by atoms with Crippen LogP contribution in [0.4, 0.5) is 0 Å². The van der Waals surface area contributed by atoms with Crippen LogP contribution in [-0.2, 0) is 11.3 Å². The number of para-hydroxylation sites is 1. The molecule has 8 nitrogen and oxygen atoms in total. The number of rotatable bonds is 9. The molecule has 10 heteroatoms. The summed E-state index contributed by atoms with van der Waals surface area (Å²) in [7, 11) is 3.16. The molecule has 2 aromatic heterocycles. The second kappa shape index (κ2) is 13.0. The van der Waals surface area contributed by atoms with E-state index >= 15 is 0 Å². The van der Waals surface area contributed by atoms with Crippen molar-refractivity contribution in [3.05, 3.63) is 126 Å². The highest BCUT2D eigenvalue weighted by Crippen LogP contribution is 2.38. The summed E-state index contributed by atoms with van der Waals surface area (Å²) in [4.78, 5) is 35.6. The van der Waals surface area contributed by atoms with Gasteiger partial charge in [0.2, 0.25) is 0 Å². The van der Waals surface area contributed by atoms with Crippen molar-refractivity contribution in [2.75, 3.05) is 27.3 Å². The molecular formula is C36H35ClN4O4S. The minimum absolute atomic E-state index is 0.168. The summed E-state index contributed by atoms with van der Waals surface area (Å²) in [5.41, 5.74) is 4.35. The molecule has 1 amide bonds. The molecular weight excluding hydrogens is 620 g/mol. The van der Waals surface area contributed by atoms with Gasteiger partial charge in [-0.25, -0.2) is 4.99 Å². The summed E-state index contributed by atoms with van der Waals surface area (Å²) in [6.45, 7) is 7.34. The fourth-order valence-electron chi connectivity index (χ4n) is 6.10. The van der Waals surface area contributed by atoms with Crippen molar-refractivity contribution in [2.45, 2.75) is 33.4 Å². The van der Waals surface area contributed by atoms with Gasteiger partial charge < -0.3 is 18.9 Å².